The summed E-state index contributed by atoms with van der Waals surface area (Å²) in [6.45, 7) is 1.01. The van der Waals surface area contributed by atoms with E-state index in [-0.39, 0.29) is 5.91 Å². The highest BCUT2D eigenvalue weighted by Crippen LogP contribution is 2.15. The Morgan fingerprint density at radius 2 is 1.96 bits per heavy atom. The first-order valence-corrected chi connectivity index (χ1v) is 7.49. The first kappa shape index (κ1) is 21.9. The second-order valence-electron chi connectivity index (χ2n) is 5.44. The van der Waals surface area contributed by atoms with Crippen LogP contribution in [0.3, 0.4) is 0 Å². The van der Waals surface area contributed by atoms with E-state index in [1.807, 2.05) is 19.0 Å². The van der Waals surface area contributed by atoms with Crippen LogP contribution < -0.4 is 5.32 Å². The summed E-state index contributed by atoms with van der Waals surface area (Å²) in [5.41, 5.74) is 1.26. The average molecular weight is 385 g/mol. The summed E-state index contributed by atoms with van der Waals surface area (Å²) >= 11 is 0. The van der Waals surface area contributed by atoms with Crippen molar-refractivity contribution in [1.29, 1.82) is 0 Å². The Kier molecular flexibility index (Phi) is 7.74. The molecule has 0 saturated heterocycles. The summed E-state index contributed by atoms with van der Waals surface area (Å²) in [4.78, 5) is 27.2. The van der Waals surface area contributed by atoms with Gasteiger partial charge in [0.25, 0.3) is 5.91 Å². The fourth-order valence-electron chi connectivity index (χ4n) is 1.74. The summed E-state index contributed by atoms with van der Waals surface area (Å²) in [6, 6.07) is 1.69. The second-order valence-corrected chi connectivity index (χ2v) is 5.44. The highest BCUT2D eigenvalue weighted by atomic mass is 19.4. The molecule has 0 unspecified atom stereocenters. The molecule has 2 N–H and O–H groups in total. The Morgan fingerprint density at radius 1 is 1.33 bits per heavy atom. The Hall–Kier alpha value is -3.13. The number of hydrogen-bond acceptors (Lipinski definition) is 5. The molecule has 146 valence electrons. The summed E-state index contributed by atoms with van der Waals surface area (Å²) in [5.74, 6) is 2.96. The van der Waals surface area contributed by atoms with Gasteiger partial charge in [-0.1, -0.05) is 11.8 Å². The van der Waals surface area contributed by atoms with Crippen molar-refractivity contribution in [2.45, 2.75) is 6.18 Å². The molecular weight excluding hydrogens is 367 g/mol. The number of carboxylic acid groups (broad SMARTS) is 1. The highest BCUT2D eigenvalue weighted by Gasteiger charge is 2.38. The summed E-state index contributed by atoms with van der Waals surface area (Å²) < 4.78 is 33.4. The van der Waals surface area contributed by atoms with E-state index in [2.05, 4.69) is 27.2 Å². The van der Waals surface area contributed by atoms with Gasteiger partial charge in [-0.25, -0.2) is 9.78 Å². The second kappa shape index (κ2) is 9.54. The standard InChI is InChI=1S/C14H17N5O.C2HF3O2/c1-18(2)9-5-4-7-16-14(20)11-6-8-15-13-12(11)10-17-19(13)3;3-2(4,5)1(6)7/h6,8,10H,7,9H2,1-3H3,(H,16,20);(H,6,7). The number of carboxylic acids is 1. The van der Waals surface area contributed by atoms with Crippen molar-refractivity contribution in [1.82, 2.24) is 25.0 Å². The number of fused-ring (bicyclic) bond motifs is 1. The predicted octanol–water partition coefficient (Wildman–Crippen LogP) is 0.896. The van der Waals surface area contributed by atoms with Crippen molar-refractivity contribution >= 4 is 22.9 Å². The van der Waals surface area contributed by atoms with Gasteiger partial charge < -0.3 is 10.4 Å². The summed E-state index contributed by atoms with van der Waals surface area (Å²) in [6.07, 6.45) is -1.83. The monoisotopic (exact) mass is 385 g/mol. The Morgan fingerprint density at radius 3 is 2.52 bits per heavy atom. The number of halogens is 3. The molecule has 0 radical (unpaired) electrons. The normalized spacial score (nSPS) is 10.6. The molecule has 1 amide bonds. The van der Waals surface area contributed by atoms with Crippen LogP contribution in [-0.4, -0.2) is 70.0 Å². The lowest BCUT2D eigenvalue weighted by molar-refractivity contribution is -0.192. The molecule has 27 heavy (non-hydrogen) atoms. The van der Waals surface area contributed by atoms with E-state index in [0.717, 1.165) is 5.39 Å². The molecule has 2 aromatic rings. The quantitative estimate of drug-likeness (QED) is 0.762. The number of carbonyl (C=O) groups is 2. The van der Waals surface area contributed by atoms with Gasteiger partial charge in [0.1, 0.15) is 0 Å². The molecule has 8 nitrogen and oxygen atoms in total. The minimum atomic E-state index is -5.08. The van der Waals surface area contributed by atoms with Gasteiger partial charge in [-0.2, -0.15) is 18.3 Å². The van der Waals surface area contributed by atoms with Gasteiger partial charge in [0.15, 0.2) is 5.65 Å². The van der Waals surface area contributed by atoms with Gasteiger partial charge in [0.05, 0.1) is 30.2 Å². The largest absolute Gasteiger partial charge is 0.490 e. The number of hydrogen-bond donors (Lipinski definition) is 2. The molecule has 0 aliphatic carbocycles. The Bertz CT molecular complexity index is 866. The SMILES string of the molecule is CN(C)CC#CCNC(=O)c1ccnc2c1cnn2C.O=C(O)C(F)(F)F. The molecule has 0 atom stereocenters. The van der Waals surface area contributed by atoms with E-state index in [1.165, 1.54) is 0 Å². The van der Waals surface area contributed by atoms with E-state index in [9.17, 15) is 18.0 Å². The third-order valence-electron chi connectivity index (χ3n) is 2.98. The van der Waals surface area contributed by atoms with Crippen LogP contribution in [-0.2, 0) is 11.8 Å². The molecule has 2 heterocycles. The van der Waals surface area contributed by atoms with Crippen LogP contribution in [0.1, 0.15) is 10.4 Å². The molecule has 2 rings (SSSR count). The van der Waals surface area contributed by atoms with Gasteiger partial charge >= 0.3 is 12.1 Å². The first-order chi connectivity index (χ1) is 12.5. The minimum Gasteiger partial charge on any atom is -0.475 e. The maximum absolute atomic E-state index is 12.1. The number of aryl methyl sites for hydroxylation is 1. The van der Waals surface area contributed by atoms with Crippen molar-refractivity contribution < 1.29 is 27.9 Å². The van der Waals surface area contributed by atoms with Crippen LogP contribution in [0.15, 0.2) is 18.5 Å². The first-order valence-electron chi connectivity index (χ1n) is 7.49. The molecule has 0 fully saturated rings. The molecular formula is C16H18F3N5O3. The molecule has 0 aliphatic heterocycles. The van der Waals surface area contributed by atoms with Crippen LogP contribution in [0, 0.1) is 11.8 Å². The van der Waals surface area contributed by atoms with Crippen molar-refractivity contribution in [2.75, 3.05) is 27.2 Å². The molecule has 0 spiro atoms. The van der Waals surface area contributed by atoms with E-state index in [0.29, 0.717) is 24.3 Å². The number of nitrogens with one attached hydrogen (secondary N) is 1. The zero-order chi connectivity index (χ0) is 20.6. The number of nitrogens with zero attached hydrogens (tertiary/aromatic N) is 4. The third kappa shape index (κ3) is 6.95. The van der Waals surface area contributed by atoms with Gasteiger partial charge in [-0.15, -0.1) is 0 Å². The summed E-state index contributed by atoms with van der Waals surface area (Å²) in [5, 5.41) is 14.8. The molecule has 0 aromatic carbocycles. The van der Waals surface area contributed by atoms with E-state index in [1.54, 1.807) is 30.2 Å². The van der Waals surface area contributed by atoms with Crippen LogP contribution >= 0.6 is 0 Å². The number of alkyl halides is 3. The molecule has 0 aliphatic rings. The van der Waals surface area contributed by atoms with E-state index >= 15 is 0 Å². The summed E-state index contributed by atoms with van der Waals surface area (Å²) in [7, 11) is 5.69. The van der Waals surface area contributed by atoms with Crippen LogP contribution in [0.4, 0.5) is 13.2 Å². The number of amides is 1. The predicted molar refractivity (Wildman–Crippen MR) is 90.9 cm³/mol. The molecule has 0 saturated carbocycles. The average Bonchev–Trinajstić information content (AvgIpc) is 2.95. The van der Waals surface area contributed by atoms with Crippen LogP contribution in [0.25, 0.3) is 11.0 Å². The number of aliphatic carboxylic acids is 1. The van der Waals surface area contributed by atoms with E-state index < -0.39 is 12.1 Å². The molecule has 0 bridgehead atoms. The van der Waals surface area contributed by atoms with Crippen molar-refractivity contribution in [3.8, 4) is 11.8 Å². The van der Waals surface area contributed by atoms with Gasteiger partial charge in [-0.3, -0.25) is 14.4 Å². The van der Waals surface area contributed by atoms with Gasteiger partial charge in [0, 0.05) is 13.2 Å². The maximum atomic E-state index is 12.1. The maximum Gasteiger partial charge on any atom is 0.490 e. The van der Waals surface area contributed by atoms with Gasteiger partial charge in [0.2, 0.25) is 0 Å². The number of carbonyl (C=O) groups excluding carboxylic acids is 1. The zero-order valence-corrected chi connectivity index (χ0v) is 14.8. The van der Waals surface area contributed by atoms with Crippen molar-refractivity contribution in [3.63, 3.8) is 0 Å². The molecule has 11 heteroatoms. The van der Waals surface area contributed by atoms with Gasteiger partial charge in [-0.05, 0) is 20.2 Å². The number of rotatable bonds is 3. The van der Waals surface area contributed by atoms with Crippen LogP contribution in [0.2, 0.25) is 0 Å². The number of pyridine rings is 1. The smallest absolute Gasteiger partial charge is 0.475 e. The lowest BCUT2D eigenvalue weighted by Crippen LogP contribution is -2.24. The van der Waals surface area contributed by atoms with Crippen LogP contribution in [0.5, 0.6) is 0 Å². The zero-order valence-electron chi connectivity index (χ0n) is 14.8. The lowest BCUT2D eigenvalue weighted by atomic mass is 10.2. The Labute approximate surface area is 153 Å². The van der Waals surface area contributed by atoms with Crippen molar-refractivity contribution in [2.24, 2.45) is 7.05 Å². The molecule has 2 aromatic heterocycles. The number of aromatic nitrogens is 3. The topological polar surface area (TPSA) is 100 Å². The fourth-order valence-corrected chi connectivity index (χ4v) is 1.74. The highest BCUT2D eigenvalue weighted by molar-refractivity contribution is 6.05. The minimum absolute atomic E-state index is 0.162. The lowest BCUT2D eigenvalue weighted by Gasteiger charge is -2.03. The third-order valence-corrected chi connectivity index (χ3v) is 2.98. The fraction of sp³-hybridized carbons (Fsp3) is 0.375. The van der Waals surface area contributed by atoms with Crippen molar-refractivity contribution in [3.05, 3.63) is 24.0 Å². The Balaban J connectivity index is 0.000000445. The van der Waals surface area contributed by atoms with E-state index in [4.69, 9.17) is 9.90 Å².